The van der Waals surface area contributed by atoms with Gasteiger partial charge >= 0.3 is 11.8 Å². The summed E-state index contributed by atoms with van der Waals surface area (Å²) < 4.78 is 39.0. The van der Waals surface area contributed by atoms with Gasteiger partial charge in [-0.2, -0.15) is 0 Å². The fraction of sp³-hybridized carbons (Fsp3) is 0. The van der Waals surface area contributed by atoms with E-state index in [1.807, 2.05) is 5.32 Å². The van der Waals surface area contributed by atoms with Crippen molar-refractivity contribution in [3.63, 3.8) is 0 Å². The Kier molecular flexibility index (Phi) is 4.17. The topological polar surface area (TPSA) is 71.1 Å². The van der Waals surface area contributed by atoms with Gasteiger partial charge < -0.3 is 10.6 Å². The van der Waals surface area contributed by atoms with E-state index in [1.165, 1.54) is 12.3 Å². The maximum absolute atomic E-state index is 13.3. The molecule has 0 atom stereocenters. The molecular weight excluding hydrogens is 287 g/mol. The summed E-state index contributed by atoms with van der Waals surface area (Å²) in [5.74, 6) is -6.98. The first kappa shape index (κ1) is 14.5. The second kappa shape index (κ2) is 6.04. The number of amides is 2. The Labute approximate surface area is 116 Å². The molecule has 0 saturated heterocycles. The van der Waals surface area contributed by atoms with Crippen LogP contribution in [0.5, 0.6) is 0 Å². The fourth-order valence-corrected chi connectivity index (χ4v) is 1.41. The first-order chi connectivity index (χ1) is 9.99. The molecule has 108 valence electrons. The number of aromatic nitrogens is 1. The molecule has 0 saturated carbocycles. The Morgan fingerprint density at radius 1 is 0.905 bits per heavy atom. The highest BCUT2D eigenvalue weighted by atomic mass is 19.2. The normalized spacial score (nSPS) is 10.0. The lowest BCUT2D eigenvalue weighted by Crippen LogP contribution is -2.29. The number of benzene rings is 1. The summed E-state index contributed by atoms with van der Waals surface area (Å²) >= 11 is 0. The van der Waals surface area contributed by atoms with E-state index in [0.717, 1.165) is 6.07 Å². The van der Waals surface area contributed by atoms with E-state index in [0.29, 0.717) is 6.07 Å². The highest BCUT2D eigenvalue weighted by molar-refractivity contribution is 6.43. The Hall–Kier alpha value is -2.90. The van der Waals surface area contributed by atoms with E-state index in [4.69, 9.17) is 0 Å². The van der Waals surface area contributed by atoms with E-state index in [1.54, 1.807) is 12.1 Å². The van der Waals surface area contributed by atoms with Gasteiger partial charge in [-0.05, 0) is 24.3 Å². The van der Waals surface area contributed by atoms with Crippen molar-refractivity contribution in [1.82, 2.24) is 4.98 Å². The van der Waals surface area contributed by atoms with E-state index in [2.05, 4.69) is 10.3 Å². The van der Waals surface area contributed by atoms with E-state index in [-0.39, 0.29) is 5.82 Å². The third-order valence-electron chi connectivity index (χ3n) is 2.40. The van der Waals surface area contributed by atoms with Crippen molar-refractivity contribution in [2.75, 3.05) is 10.6 Å². The van der Waals surface area contributed by atoms with Gasteiger partial charge in [-0.15, -0.1) is 0 Å². The summed E-state index contributed by atoms with van der Waals surface area (Å²) in [4.78, 5) is 26.8. The Morgan fingerprint density at radius 2 is 1.62 bits per heavy atom. The van der Waals surface area contributed by atoms with Crippen LogP contribution in [0.15, 0.2) is 36.5 Å². The van der Waals surface area contributed by atoms with Crippen molar-refractivity contribution in [2.45, 2.75) is 0 Å². The fourth-order valence-electron chi connectivity index (χ4n) is 1.41. The zero-order chi connectivity index (χ0) is 15.4. The van der Waals surface area contributed by atoms with E-state index in [9.17, 15) is 22.8 Å². The standard InChI is InChI=1S/C13H8F3N3O2/c14-7-4-5-8(11(16)10(7)15)18-12(20)13(21)19-9-3-1-2-6-17-9/h1-6H,(H,18,20)(H,17,19,21). The first-order valence-electron chi connectivity index (χ1n) is 5.66. The van der Waals surface area contributed by atoms with E-state index >= 15 is 0 Å². The number of anilines is 2. The molecule has 0 aliphatic carbocycles. The highest BCUT2D eigenvalue weighted by Gasteiger charge is 2.19. The van der Waals surface area contributed by atoms with Gasteiger partial charge in [0, 0.05) is 6.20 Å². The Balaban J connectivity index is 2.08. The van der Waals surface area contributed by atoms with Crippen molar-refractivity contribution in [3.8, 4) is 0 Å². The largest absolute Gasteiger partial charge is 0.315 e. The number of hydrogen-bond donors (Lipinski definition) is 2. The van der Waals surface area contributed by atoms with Crippen LogP contribution in [0.1, 0.15) is 0 Å². The second-order valence-electron chi connectivity index (χ2n) is 3.85. The van der Waals surface area contributed by atoms with Crippen LogP contribution in [0.3, 0.4) is 0 Å². The second-order valence-corrected chi connectivity index (χ2v) is 3.85. The van der Waals surface area contributed by atoms with Gasteiger partial charge in [0.25, 0.3) is 0 Å². The summed E-state index contributed by atoms with van der Waals surface area (Å²) in [6, 6.07) is 6.05. The molecule has 0 unspecified atom stereocenters. The lowest BCUT2D eigenvalue weighted by Gasteiger charge is -2.07. The summed E-state index contributed by atoms with van der Waals surface area (Å²) in [5.41, 5.74) is -0.643. The van der Waals surface area contributed by atoms with Crippen LogP contribution in [0.4, 0.5) is 24.7 Å². The SMILES string of the molecule is O=C(Nc1ccccn1)C(=O)Nc1ccc(F)c(F)c1F. The summed E-state index contributed by atoms with van der Waals surface area (Å²) in [6.45, 7) is 0. The van der Waals surface area contributed by atoms with Gasteiger partial charge in [0.05, 0.1) is 5.69 Å². The molecule has 2 rings (SSSR count). The predicted molar refractivity (Wildman–Crippen MR) is 67.8 cm³/mol. The molecule has 0 spiro atoms. The molecule has 2 amide bonds. The molecule has 1 aromatic carbocycles. The van der Waals surface area contributed by atoms with Crippen molar-refractivity contribution >= 4 is 23.3 Å². The molecule has 0 radical (unpaired) electrons. The summed E-state index contributed by atoms with van der Waals surface area (Å²) in [7, 11) is 0. The van der Waals surface area contributed by atoms with Gasteiger partial charge in [0.2, 0.25) is 0 Å². The molecule has 0 fully saturated rings. The smallest absolute Gasteiger partial charge is 0.315 e. The maximum atomic E-state index is 13.3. The molecule has 0 aliphatic rings. The minimum atomic E-state index is -1.74. The lowest BCUT2D eigenvalue weighted by atomic mass is 10.2. The van der Waals surface area contributed by atoms with E-state index < -0.39 is 35.0 Å². The van der Waals surface area contributed by atoms with Crippen LogP contribution in [0, 0.1) is 17.5 Å². The molecule has 0 aliphatic heterocycles. The molecule has 1 heterocycles. The number of nitrogens with one attached hydrogen (secondary N) is 2. The molecule has 2 N–H and O–H groups in total. The molecule has 0 bridgehead atoms. The zero-order valence-electron chi connectivity index (χ0n) is 10.4. The van der Waals surface area contributed by atoms with Gasteiger partial charge in [0.15, 0.2) is 17.5 Å². The molecular formula is C13H8F3N3O2. The minimum absolute atomic E-state index is 0.114. The van der Waals surface area contributed by atoms with Crippen LogP contribution in [-0.4, -0.2) is 16.8 Å². The average molecular weight is 295 g/mol. The Bertz CT molecular complexity index is 693. The van der Waals surface area contributed by atoms with Crippen LogP contribution >= 0.6 is 0 Å². The third kappa shape index (κ3) is 3.35. The number of carbonyl (C=O) groups is 2. The third-order valence-corrected chi connectivity index (χ3v) is 2.40. The Morgan fingerprint density at radius 3 is 2.29 bits per heavy atom. The summed E-state index contributed by atoms with van der Waals surface area (Å²) in [6.07, 6.45) is 1.39. The molecule has 5 nitrogen and oxygen atoms in total. The number of rotatable bonds is 2. The summed E-state index contributed by atoms with van der Waals surface area (Å²) in [5, 5.41) is 3.99. The highest BCUT2D eigenvalue weighted by Crippen LogP contribution is 2.19. The number of hydrogen-bond acceptors (Lipinski definition) is 3. The number of pyridine rings is 1. The number of carbonyl (C=O) groups excluding carboxylic acids is 2. The first-order valence-corrected chi connectivity index (χ1v) is 5.66. The average Bonchev–Trinajstić information content (AvgIpc) is 2.48. The number of halogens is 3. The minimum Gasteiger partial charge on any atom is -0.315 e. The molecule has 8 heteroatoms. The quantitative estimate of drug-likeness (QED) is 0.658. The van der Waals surface area contributed by atoms with Gasteiger partial charge in [-0.1, -0.05) is 6.07 Å². The molecule has 2 aromatic rings. The van der Waals surface area contributed by atoms with Crippen LogP contribution in [0.2, 0.25) is 0 Å². The maximum Gasteiger partial charge on any atom is 0.315 e. The lowest BCUT2D eigenvalue weighted by molar-refractivity contribution is -0.133. The molecule has 21 heavy (non-hydrogen) atoms. The zero-order valence-corrected chi connectivity index (χ0v) is 10.4. The van der Waals surface area contributed by atoms with Crippen LogP contribution in [-0.2, 0) is 9.59 Å². The van der Waals surface area contributed by atoms with Crippen molar-refractivity contribution < 1.29 is 22.8 Å². The predicted octanol–water partition coefficient (Wildman–Crippen LogP) is 2.08. The van der Waals surface area contributed by atoms with Crippen LogP contribution in [0.25, 0.3) is 0 Å². The van der Waals surface area contributed by atoms with Crippen molar-refractivity contribution in [1.29, 1.82) is 0 Å². The van der Waals surface area contributed by atoms with Crippen LogP contribution < -0.4 is 10.6 Å². The van der Waals surface area contributed by atoms with Gasteiger partial charge in [-0.3, -0.25) is 9.59 Å². The monoisotopic (exact) mass is 295 g/mol. The van der Waals surface area contributed by atoms with Crippen molar-refractivity contribution in [2.24, 2.45) is 0 Å². The van der Waals surface area contributed by atoms with Gasteiger partial charge in [0.1, 0.15) is 5.82 Å². The molecule has 1 aromatic heterocycles. The number of nitrogens with zero attached hydrogens (tertiary/aromatic N) is 1. The van der Waals surface area contributed by atoms with Gasteiger partial charge in [-0.25, -0.2) is 18.2 Å². The van der Waals surface area contributed by atoms with Crippen molar-refractivity contribution in [3.05, 3.63) is 54.0 Å².